The van der Waals surface area contributed by atoms with Crippen LogP contribution in [0.3, 0.4) is 0 Å². The first kappa shape index (κ1) is 17.1. The van der Waals surface area contributed by atoms with Gasteiger partial charge in [0.25, 0.3) is 5.84 Å². The fourth-order valence-electron chi connectivity index (χ4n) is 2.37. The molecule has 0 saturated carbocycles. The Morgan fingerprint density at radius 2 is 1.76 bits per heavy atom. The molecule has 2 aliphatic heterocycles. The number of rotatable bonds is 2. The zero-order valence-electron chi connectivity index (χ0n) is 12.2. The van der Waals surface area contributed by atoms with Gasteiger partial charge in [-0.2, -0.15) is 26.3 Å². The maximum Gasteiger partial charge on any atom is 0.453 e. The van der Waals surface area contributed by atoms with Crippen LogP contribution in [-0.2, 0) is 12.8 Å². The molecule has 2 heterocycles. The summed E-state index contributed by atoms with van der Waals surface area (Å²) in [6.07, 6.45) is -6.68. The predicted molar refractivity (Wildman–Crippen MR) is 75.0 cm³/mol. The summed E-state index contributed by atoms with van der Waals surface area (Å²) < 4.78 is 77.1. The number of hydrogen-bond acceptors (Lipinski definition) is 5. The van der Waals surface area contributed by atoms with E-state index in [0.717, 1.165) is 18.2 Å². The Balaban J connectivity index is 1.95. The third-order valence-corrected chi connectivity index (χ3v) is 3.52. The van der Waals surface area contributed by atoms with Gasteiger partial charge < -0.3 is 5.11 Å². The highest BCUT2D eigenvalue weighted by Gasteiger charge is 2.45. The van der Waals surface area contributed by atoms with E-state index in [9.17, 15) is 31.4 Å². The molecule has 0 saturated heterocycles. The summed E-state index contributed by atoms with van der Waals surface area (Å²) in [5.41, 5.74) is 3.81. The van der Waals surface area contributed by atoms with Crippen LogP contribution in [0.5, 0.6) is 0 Å². The highest BCUT2D eigenvalue weighted by atomic mass is 19.4. The van der Waals surface area contributed by atoms with Gasteiger partial charge in [0.15, 0.2) is 0 Å². The fraction of sp³-hybridized carbons (Fsp3) is 0.214. The first-order valence-electron chi connectivity index (χ1n) is 6.82. The lowest BCUT2D eigenvalue weighted by Crippen LogP contribution is -2.46. The number of nitrogens with zero attached hydrogens (tertiary/aromatic N) is 2. The SMILES string of the molecule is OCc1cc(C(F)(F)F)ccc1C1=CC=C2NN=C(C(F)(F)F)N2N1. The summed E-state index contributed by atoms with van der Waals surface area (Å²) in [7, 11) is 0. The van der Waals surface area contributed by atoms with E-state index < -0.39 is 30.4 Å². The molecular weight excluding hydrogens is 354 g/mol. The minimum atomic E-state index is -4.74. The molecule has 5 nitrogen and oxygen atoms in total. The molecule has 0 atom stereocenters. The van der Waals surface area contributed by atoms with Crippen LogP contribution in [0, 0.1) is 0 Å². The van der Waals surface area contributed by atoms with Crippen LogP contribution in [0.4, 0.5) is 26.3 Å². The number of alkyl halides is 6. The van der Waals surface area contributed by atoms with E-state index in [2.05, 4.69) is 16.0 Å². The van der Waals surface area contributed by atoms with Crippen LogP contribution in [0.15, 0.2) is 41.3 Å². The zero-order chi connectivity index (χ0) is 18.4. The Labute approximate surface area is 136 Å². The number of nitrogens with one attached hydrogen (secondary N) is 2. The van der Waals surface area contributed by atoms with Crippen LogP contribution in [-0.4, -0.2) is 22.1 Å². The second-order valence-corrected chi connectivity index (χ2v) is 5.15. The Kier molecular flexibility index (Phi) is 3.90. The highest BCUT2D eigenvalue weighted by Crippen LogP contribution is 2.33. The van der Waals surface area contributed by atoms with E-state index in [-0.39, 0.29) is 22.6 Å². The first-order valence-corrected chi connectivity index (χ1v) is 6.82. The Hall–Kier alpha value is -2.69. The maximum atomic E-state index is 12.9. The molecule has 3 rings (SSSR count). The van der Waals surface area contributed by atoms with Crippen molar-refractivity contribution in [1.82, 2.24) is 15.9 Å². The fourth-order valence-corrected chi connectivity index (χ4v) is 2.37. The van der Waals surface area contributed by atoms with Crippen LogP contribution in [0.1, 0.15) is 16.7 Å². The quantitative estimate of drug-likeness (QED) is 0.707. The van der Waals surface area contributed by atoms with Crippen molar-refractivity contribution in [2.75, 3.05) is 0 Å². The lowest BCUT2D eigenvalue weighted by molar-refractivity contribution is -0.137. The van der Waals surface area contributed by atoms with Gasteiger partial charge in [-0.15, -0.1) is 5.10 Å². The van der Waals surface area contributed by atoms with Gasteiger partial charge in [-0.05, 0) is 29.8 Å². The molecule has 0 spiro atoms. The summed E-state index contributed by atoms with van der Waals surface area (Å²) in [5.74, 6) is -1.24. The van der Waals surface area contributed by atoms with Crippen molar-refractivity contribution in [3.05, 3.63) is 52.9 Å². The summed E-state index contributed by atoms with van der Waals surface area (Å²) in [4.78, 5) is 0. The van der Waals surface area contributed by atoms with Crippen LogP contribution in [0.25, 0.3) is 5.70 Å². The summed E-state index contributed by atoms with van der Waals surface area (Å²) in [5, 5.41) is 13.1. The molecular formula is C14H10F6N4O. The molecule has 0 aromatic heterocycles. The van der Waals surface area contributed by atoms with E-state index in [1.165, 1.54) is 12.2 Å². The Morgan fingerprint density at radius 3 is 2.36 bits per heavy atom. The maximum absolute atomic E-state index is 12.9. The second-order valence-electron chi connectivity index (χ2n) is 5.15. The van der Waals surface area contributed by atoms with Crippen molar-refractivity contribution in [3.8, 4) is 0 Å². The van der Waals surface area contributed by atoms with Gasteiger partial charge in [-0.1, -0.05) is 6.07 Å². The summed E-state index contributed by atoms with van der Waals surface area (Å²) >= 11 is 0. The second kappa shape index (κ2) is 5.69. The largest absolute Gasteiger partial charge is 0.453 e. The van der Waals surface area contributed by atoms with E-state index in [0.29, 0.717) is 5.01 Å². The number of amidine groups is 1. The zero-order valence-corrected chi connectivity index (χ0v) is 12.2. The van der Waals surface area contributed by atoms with Crippen molar-refractivity contribution in [1.29, 1.82) is 0 Å². The highest BCUT2D eigenvalue weighted by molar-refractivity contribution is 5.91. The molecule has 2 aliphatic rings. The molecule has 0 bridgehead atoms. The van der Waals surface area contributed by atoms with Gasteiger partial charge in [0.1, 0.15) is 5.82 Å². The first-order chi connectivity index (χ1) is 11.6. The molecule has 11 heteroatoms. The van der Waals surface area contributed by atoms with Gasteiger partial charge in [0.2, 0.25) is 0 Å². The molecule has 0 fully saturated rings. The number of allylic oxidation sites excluding steroid dienone is 2. The standard InChI is InChI=1S/C14H10F6N4O/c15-13(16,17)8-1-2-9(7(5-8)6-25)10-3-4-11-21-22-12(14(18,19)20)24(11)23-10/h1-5,21,23,25H,6H2. The van der Waals surface area contributed by atoms with E-state index >= 15 is 0 Å². The summed E-state index contributed by atoms with van der Waals surface area (Å²) in [6, 6.07) is 2.62. The average Bonchev–Trinajstić information content (AvgIpc) is 2.96. The number of benzene rings is 1. The van der Waals surface area contributed by atoms with Crippen LogP contribution in [0.2, 0.25) is 0 Å². The molecule has 0 amide bonds. The van der Waals surface area contributed by atoms with Crippen LogP contribution >= 0.6 is 0 Å². The number of fused-ring (bicyclic) bond motifs is 1. The monoisotopic (exact) mass is 364 g/mol. The minimum Gasteiger partial charge on any atom is -0.392 e. The number of hydrazine groups is 1. The molecule has 0 aliphatic carbocycles. The molecule has 0 radical (unpaired) electrons. The average molecular weight is 364 g/mol. The molecule has 1 aromatic carbocycles. The van der Waals surface area contributed by atoms with Crippen molar-refractivity contribution in [3.63, 3.8) is 0 Å². The number of hydrazone groups is 1. The molecule has 134 valence electrons. The van der Waals surface area contributed by atoms with Gasteiger partial charge in [0.05, 0.1) is 17.9 Å². The molecule has 0 unspecified atom stereocenters. The molecule has 3 N–H and O–H groups in total. The normalized spacial score (nSPS) is 17.2. The van der Waals surface area contributed by atoms with Gasteiger partial charge in [-0.25, -0.2) is 5.01 Å². The third-order valence-electron chi connectivity index (χ3n) is 3.52. The molecule has 25 heavy (non-hydrogen) atoms. The number of hydrogen-bond donors (Lipinski definition) is 3. The number of halogens is 6. The van der Waals surface area contributed by atoms with Gasteiger partial charge in [-0.3, -0.25) is 10.9 Å². The predicted octanol–water partition coefficient (Wildman–Crippen LogP) is 2.68. The molecule has 1 aromatic rings. The smallest absolute Gasteiger partial charge is 0.392 e. The number of aliphatic hydroxyl groups excluding tert-OH is 1. The van der Waals surface area contributed by atoms with Crippen molar-refractivity contribution in [2.24, 2.45) is 5.10 Å². The van der Waals surface area contributed by atoms with Crippen LogP contribution < -0.4 is 10.9 Å². The minimum absolute atomic E-state index is 0.00790. The Morgan fingerprint density at radius 1 is 1.04 bits per heavy atom. The number of aliphatic hydroxyl groups is 1. The van der Waals surface area contributed by atoms with Gasteiger partial charge >= 0.3 is 12.4 Å². The topological polar surface area (TPSA) is 59.9 Å². The van der Waals surface area contributed by atoms with Crippen molar-refractivity contribution < 1.29 is 31.4 Å². The van der Waals surface area contributed by atoms with E-state index in [1.807, 2.05) is 0 Å². The lowest BCUT2D eigenvalue weighted by atomic mass is 10.0. The third kappa shape index (κ3) is 3.14. The lowest BCUT2D eigenvalue weighted by Gasteiger charge is -2.28. The van der Waals surface area contributed by atoms with Gasteiger partial charge in [0, 0.05) is 5.56 Å². The van der Waals surface area contributed by atoms with Crippen molar-refractivity contribution >= 4 is 11.5 Å². The van der Waals surface area contributed by atoms with E-state index in [1.54, 1.807) is 0 Å². The summed E-state index contributed by atoms with van der Waals surface area (Å²) in [6.45, 7) is -0.715. The van der Waals surface area contributed by atoms with Crippen molar-refractivity contribution in [2.45, 2.75) is 19.0 Å². The Bertz CT molecular complexity index is 793. The van der Waals surface area contributed by atoms with E-state index in [4.69, 9.17) is 0 Å².